The molecule has 2 aromatic heterocycles. The van der Waals surface area contributed by atoms with Gasteiger partial charge in [0.05, 0.1) is 30.0 Å². The van der Waals surface area contributed by atoms with Crippen LogP contribution in [0.1, 0.15) is 17.7 Å². The molecule has 1 saturated heterocycles. The average molecular weight is 437 g/mol. The number of thioether (sulfide) groups is 1. The number of benzene rings is 1. The molecule has 0 spiro atoms. The van der Waals surface area contributed by atoms with Crippen LogP contribution in [0.25, 0.3) is 10.9 Å². The Labute approximate surface area is 176 Å². The quantitative estimate of drug-likeness (QED) is 0.413. The van der Waals surface area contributed by atoms with E-state index < -0.39 is 11.7 Å². The first-order chi connectivity index (χ1) is 14.5. The zero-order valence-electron chi connectivity index (χ0n) is 16.3. The number of hydrogen-bond donors (Lipinski definition) is 0. The van der Waals surface area contributed by atoms with Crippen molar-refractivity contribution in [3.05, 3.63) is 47.9 Å². The van der Waals surface area contributed by atoms with Crippen LogP contribution < -0.4 is 0 Å². The Kier molecular flexibility index (Phi) is 6.55. The average Bonchev–Trinajstić information content (AvgIpc) is 3.18. The van der Waals surface area contributed by atoms with E-state index in [2.05, 4.69) is 20.2 Å². The van der Waals surface area contributed by atoms with E-state index in [9.17, 15) is 13.2 Å². The molecule has 0 N–H and O–H groups in total. The van der Waals surface area contributed by atoms with Crippen LogP contribution in [0.3, 0.4) is 0 Å². The molecule has 1 aliphatic rings. The highest BCUT2D eigenvalue weighted by Crippen LogP contribution is 2.33. The lowest BCUT2D eigenvalue weighted by Crippen LogP contribution is -2.35. The van der Waals surface area contributed by atoms with Crippen molar-refractivity contribution in [1.29, 1.82) is 0 Å². The molecule has 160 valence electrons. The molecular weight excluding hydrogens is 415 g/mol. The van der Waals surface area contributed by atoms with Crippen LogP contribution in [0, 0.1) is 0 Å². The second-order valence-electron chi connectivity index (χ2n) is 7.10. The summed E-state index contributed by atoms with van der Waals surface area (Å²) < 4.78 is 45.9. The van der Waals surface area contributed by atoms with Crippen LogP contribution in [0.2, 0.25) is 0 Å². The fraction of sp³-hybridized carbons (Fsp3) is 0.450. The molecule has 4 rings (SSSR count). The number of halogens is 3. The van der Waals surface area contributed by atoms with Gasteiger partial charge in [-0.1, -0.05) is 11.3 Å². The van der Waals surface area contributed by atoms with Crippen molar-refractivity contribution in [2.75, 3.05) is 32.1 Å². The maximum absolute atomic E-state index is 12.9. The second-order valence-corrected chi connectivity index (χ2v) is 8.24. The number of alkyl halides is 3. The van der Waals surface area contributed by atoms with Crippen LogP contribution in [0.15, 0.2) is 41.6 Å². The van der Waals surface area contributed by atoms with E-state index in [4.69, 9.17) is 4.74 Å². The summed E-state index contributed by atoms with van der Waals surface area (Å²) in [5.74, 6) is 0.818. The van der Waals surface area contributed by atoms with Gasteiger partial charge in [-0.05, 0) is 30.4 Å². The highest BCUT2D eigenvalue weighted by atomic mass is 32.2. The first kappa shape index (κ1) is 21.1. The van der Waals surface area contributed by atoms with Gasteiger partial charge in [-0.15, -0.1) is 16.9 Å². The molecule has 3 aromatic rings. The Morgan fingerprint density at radius 2 is 1.97 bits per heavy atom. The summed E-state index contributed by atoms with van der Waals surface area (Å²) in [4.78, 5) is 7.32. The molecule has 30 heavy (non-hydrogen) atoms. The first-order valence-electron chi connectivity index (χ1n) is 9.77. The van der Waals surface area contributed by atoms with E-state index in [1.54, 1.807) is 18.0 Å². The molecule has 1 fully saturated rings. The molecule has 10 heteroatoms. The van der Waals surface area contributed by atoms with Gasteiger partial charge < -0.3 is 4.74 Å². The summed E-state index contributed by atoms with van der Waals surface area (Å²) in [5.41, 5.74) is 0.632. The number of aromatic nitrogens is 4. The van der Waals surface area contributed by atoms with Crippen LogP contribution in [-0.2, 0) is 24.0 Å². The molecule has 0 unspecified atom stereocenters. The third-order valence-electron chi connectivity index (χ3n) is 4.89. The van der Waals surface area contributed by atoms with Gasteiger partial charge in [-0.2, -0.15) is 13.2 Å². The van der Waals surface area contributed by atoms with Gasteiger partial charge in [0.1, 0.15) is 0 Å². The lowest BCUT2D eigenvalue weighted by Gasteiger charge is -2.25. The zero-order chi connectivity index (χ0) is 21.0. The highest BCUT2D eigenvalue weighted by Gasteiger charge is 2.30. The minimum atomic E-state index is -4.36. The summed E-state index contributed by atoms with van der Waals surface area (Å²) in [6, 6.07) is 5.56. The molecule has 1 aromatic carbocycles. The number of morpholine rings is 1. The Morgan fingerprint density at radius 1 is 1.13 bits per heavy atom. The summed E-state index contributed by atoms with van der Waals surface area (Å²) in [6.45, 7) is 4.85. The topological polar surface area (TPSA) is 56.1 Å². The van der Waals surface area contributed by atoms with Crippen molar-refractivity contribution in [1.82, 2.24) is 24.9 Å². The highest BCUT2D eigenvalue weighted by molar-refractivity contribution is 7.99. The fourth-order valence-corrected chi connectivity index (χ4v) is 4.32. The minimum Gasteiger partial charge on any atom is -0.379 e. The van der Waals surface area contributed by atoms with Gasteiger partial charge in [0.25, 0.3) is 0 Å². The number of fused-ring (bicyclic) bond motifs is 1. The maximum Gasteiger partial charge on any atom is 0.416 e. The van der Waals surface area contributed by atoms with E-state index >= 15 is 0 Å². The number of nitrogens with zero attached hydrogens (tertiary/aromatic N) is 5. The number of aryl methyl sites for hydroxylation is 1. The molecule has 0 radical (unpaired) electrons. The Balaban J connectivity index is 1.30. The zero-order valence-corrected chi connectivity index (χ0v) is 17.1. The largest absolute Gasteiger partial charge is 0.416 e. The molecule has 0 amide bonds. The van der Waals surface area contributed by atoms with E-state index in [1.807, 2.05) is 16.9 Å². The summed E-state index contributed by atoms with van der Waals surface area (Å²) in [7, 11) is 0. The number of rotatable bonds is 7. The van der Waals surface area contributed by atoms with E-state index in [1.165, 1.54) is 6.07 Å². The summed E-state index contributed by atoms with van der Waals surface area (Å²) >= 11 is 1.61. The molecular formula is C20H22F3N5OS. The van der Waals surface area contributed by atoms with Crippen molar-refractivity contribution in [3.8, 4) is 0 Å². The number of pyridine rings is 1. The smallest absolute Gasteiger partial charge is 0.379 e. The van der Waals surface area contributed by atoms with Gasteiger partial charge in [0.2, 0.25) is 0 Å². The van der Waals surface area contributed by atoms with Gasteiger partial charge in [-0.25, -0.2) is 0 Å². The van der Waals surface area contributed by atoms with Crippen LogP contribution in [0.4, 0.5) is 13.2 Å². The standard InChI is InChI=1S/C20H22F3N5OS/c21-20(22,23)15-2-3-17-18(12-15)24-5-4-19(17)30-11-1-6-28-14-16(25-26-28)13-27-7-9-29-10-8-27/h2-5,12,14H,1,6-11,13H2. The third kappa shape index (κ3) is 5.30. The van der Waals surface area contributed by atoms with Crippen molar-refractivity contribution < 1.29 is 17.9 Å². The first-order valence-corrected chi connectivity index (χ1v) is 10.8. The van der Waals surface area contributed by atoms with E-state index in [0.29, 0.717) is 5.52 Å². The minimum absolute atomic E-state index is 0.360. The predicted octanol–water partition coefficient (Wildman–Crippen LogP) is 3.86. The Morgan fingerprint density at radius 3 is 2.77 bits per heavy atom. The van der Waals surface area contributed by atoms with Gasteiger partial charge in [0, 0.05) is 48.9 Å². The maximum atomic E-state index is 12.9. The van der Waals surface area contributed by atoms with Crippen LogP contribution in [0.5, 0.6) is 0 Å². The predicted molar refractivity (Wildman–Crippen MR) is 108 cm³/mol. The van der Waals surface area contributed by atoms with Crippen molar-refractivity contribution in [3.63, 3.8) is 0 Å². The van der Waals surface area contributed by atoms with Crippen molar-refractivity contribution in [2.45, 2.75) is 30.6 Å². The molecule has 6 nitrogen and oxygen atoms in total. The fourth-order valence-electron chi connectivity index (χ4n) is 3.34. The van der Waals surface area contributed by atoms with E-state index in [-0.39, 0.29) is 0 Å². The molecule has 3 heterocycles. The van der Waals surface area contributed by atoms with Crippen molar-refractivity contribution >= 4 is 22.7 Å². The second kappa shape index (κ2) is 9.32. The van der Waals surface area contributed by atoms with Crippen LogP contribution in [-0.4, -0.2) is 56.9 Å². The molecule has 0 saturated carbocycles. The van der Waals surface area contributed by atoms with Gasteiger partial charge >= 0.3 is 6.18 Å². The Hall–Kier alpha value is -2.17. The molecule has 0 aliphatic carbocycles. The molecule has 1 aliphatic heterocycles. The number of ether oxygens (including phenoxy) is 1. The third-order valence-corrected chi connectivity index (χ3v) is 6.05. The molecule has 0 bridgehead atoms. The van der Waals surface area contributed by atoms with Crippen molar-refractivity contribution in [2.24, 2.45) is 0 Å². The lowest BCUT2D eigenvalue weighted by atomic mass is 10.1. The summed E-state index contributed by atoms with van der Waals surface area (Å²) in [6.07, 6.45) is 0.0354. The number of hydrogen-bond acceptors (Lipinski definition) is 6. The van der Waals surface area contributed by atoms with Gasteiger partial charge in [0.15, 0.2) is 0 Å². The SMILES string of the molecule is FC(F)(F)c1ccc2c(SCCCn3cc(CN4CCOCC4)nn3)ccnc2c1. The Bertz CT molecular complexity index is 988. The summed E-state index contributed by atoms with van der Waals surface area (Å²) in [5, 5.41) is 9.17. The normalized spacial score (nSPS) is 15.7. The monoisotopic (exact) mass is 437 g/mol. The van der Waals surface area contributed by atoms with Gasteiger partial charge in [-0.3, -0.25) is 14.6 Å². The van der Waals surface area contributed by atoms with E-state index in [0.717, 1.165) is 79.7 Å². The van der Waals surface area contributed by atoms with Crippen LogP contribution >= 0.6 is 11.8 Å². The molecule has 0 atom stereocenters. The lowest BCUT2D eigenvalue weighted by molar-refractivity contribution is -0.137.